The lowest BCUT2D eigenvalue weighted by atomic mass is 10.1. The molecule has 2 nitrogen and oxygen atoms in total. The van der Waals surface area contributed by atoms with E-state index >= 15 is 0 Å². The molecule has 1 saturated heterocycles. The van der Waals surface area contributed by atoms with Crippen molar-refractivity contribution >= 4 is 5.69 Å². The van der Waals surface area contributed by atoms with E-state index in [1.165, 1.54) is 18.2 Å². The first-order valence-corrected chi connectivity index (χ1v) is 5.84. The third kappa shape index (κ3) is 2.94. The van der Waals surface area contributed by atoms with Gasteiger partial charge in [-0.3, -0.25) is 0 Å². The second-order valence-electron chi connectivity index (χ2n) is 5.02. The number of nitrogens with one attached hydrogen (secondary N) is 1. The first kappa shape index (κ1) is 12.3. The summed E-state index contributed by atoms with van der Waals surface area (Å²) in [6.07, 6.45) is 1.90. The Morgan fingerprint density at radius 3 is 2.53 bits per heavy atom. The Bertz CT molecular complexity index is 386. The first-order chi connectivity index (χ1) is 7.98. The summed E-state index contributed by atoms with van der Waals surface area (Å²) in [6, 6.07) is 3.83. The molecule has 17 heavy (non-hydrogen) atoms. The summed E-state index contributed by atoms with van der Waals surface area (Å²) in [4.78, 5) is 0. The molecule has 0 spiro atoms. The van der Waals surface area contributed by atoms with E-state index in [1.54, 1.807) is 0 Å². The molecule has 0 saturated carbocycles. The normalized spacial score (nSPS) is 22.7. The van der Waals surface area contributed by atoms with E-state index in [0.717, 1.165) is 12.8 Å². The molecule has 1 heterocycles. The van der Waals surface area contributed by atoms with E-state index in [0.29, 0.717) is 6.54 Å². The van der Waals surface area contributed by atoms with Crippen LogP contribution < -0.4 is 5.32 Å². The zero-order chi connectivity index (χ0) is 12.5. The van der Waals surface area contributed by atoms with Gasteiger partial charge in [0.1, 0.15) is 17.3 Å². The second-order valence-corrected chi connectivity index (χ2v) is 5.02. The minimum atomic E-state index is -0.567. The Hall–Kier alpha value is -1.16. The van der Waals surface area contributed by atoms with Gasteiger partial charge in [-0.2, -0.15) is 0 Å². The monoisotopic (exact) mass is 241 g/mol. The fourth-order valence-electron chi connectivity index (χ4n) is 2.10. The summed E-state index contributed by atoms with van der Waals surface area (Å²) < 4.78 is 32.4. The molecule has 1 N–H and O–H groups in total. The molecule has 0 radical (unpaired) electrons. The van der Waals surface area contributed by atoms with Gasteiger partial charge in [-0.25, -0.2) is 8.78 Å². The number of rotatable bonds is 3. The molecular weight excluding hydrogens is 224 g/mol. The molecule has 2 rings (SSSR count). The Labute approximate surface area is 100.0 Å². The molecule has 0 bridgehead atoms. The average Bonchev–Trinajstić information content (AvgIpc) is 2.57. The van der Waals surface area contributed by atoms with Crippen molar-refractivity contribution in [2.45, 2.75) is 38.4 Å². The van der Waals surface area contributed by atoms with Crippen LogP contribution in [0.5, 0.6) is 0 Å². The topological polar surface area (TPSA) is 21.3 Å². The van der Waals surface area contributed by atoms with Gasteiger partial charge < -0.3 is 10.1 Å². The van der Waals surface area contributed by atoms with Gasteiger partial charge >= 0.3 is 0 Å². The van der Waals surface area contributed by atoms with Crippen molar-refractivity contribution in [2.24, 2.45) is 0 Å². The molecule has 1 aromatic rings. The standard InChI is InChI=1S/C13H17F2NO/c1-13(2)7-6-9(17-13)8-16-12-10(14)4-3-5-11(12)15/h3-5,9,16H,6-8H2,1-2H3. The summed E-state index contributed by atoms with van der Waals surface area (Å²) in [6.45, 7) is 4.48. The molecule has 0 aliphatic carbocycles. The van der Waals surface area contributed by atoms with Crippen molar-refractivity contribution in [3.8, 4) is 0 Å². The fourth-order valence-corrected chi connectivity index (χ4v) is 2.10. The molecular formula is C13H17F2NO. The van der Waals surface area contributed by atoms with E-state index < -0.39 is 11.6 Å². The molecule has 0 amide bonds. The summed E-state index contributed by atoms with van der Waals surface area (Å²) in [5.41, 5.74) is -0.194. The molecule has 1 aromatic carbocycles. The Balaban J connectivity index is 1.95. The maximum atomic E-state index is 13.3. The zero-order valence-electron chi connectivity index (χ0n) is 10.1. The van der Waals surface area contributed by atoms with Crippen LogP contribution in [0.4, 0.5) is 14.5 Å². The van der Waals surface area contributed by atoms with E-state index in [2.05, 4.69) is 5.32 Å². The number of para-hydroxylation sites is 1. The summed E-state index contributed by atoms with van der Waals surface area (Å²) in [5, 5.41) is 2.79. The predicted molar refractivity (Wildman–Crippen MR) is 63.0 cm³/mol. The minimum absolute atomic E-state index is 0.0176. The van der Waals surface area contributed by atoms with E-state index in [-0.39, 0.29) is 17.4 Å². The van der Waals surface area contributed by atoms with Crippen LogP contribution in [0.1, 0.15) is 26.7 Å². The molecule has 4 heteroatoms. The van der Waals surface area contributed by atoms with Crippen molar-refractivity contribution in [1.29, 1.82) is 0 Å². The summed E-state index contributed by atoms with van der Waals surface area (Å²) >= 11 is 0. The molecule has 1 aliphatic rings. The Kier molecular flexibility index (Phi) is 3.33. The van der Waals surface area contributed by atoms with Crippen LogP contribution in [0.15, 0.2) is 18.2 Å². The van der Waals surface area contributed by atoms with Gasteiger partial charge in [0.25, 0.3) is 0 Å². The maximum Gasteiger partial charge on any atom is 0.149 e. The molecule has 1 unspecified atom stereocenters. The Morgan fingerprint density at radius 2 is 2.00 bits per heavy atom. The smallest absolute Gasteiger partial charge is 0.149 e. The van der Waals surface area contributed by atoms with Crippen molar-refractivity contribution in [3.05, 3.63) is 29.8 Å². The third-order valence-corrected chi connectivity index (χ3v) is 3.02. The van der Waals surface area contributed by atoms with E-state index in [1.807, 2.05) is 13.8 Å². The van der Waals surface area contributed by atoms with Crippen LogP contribution in [0.25, 0.3) is 0 Å². The Morgan fingerprint density at radius 1 is 1.35 bits per heavy atom. The van der Waals surface area contributed by atoms with Gasteiger partial charge in [0, 0.05) is 6.54 Å². The largest absolute Gasteiger partial charge is 0.378 e. The van der Waals surface area contributed by atoms with E-state index in [4.69, 9.17) is 4.74 Å². The lowest BCUT2D eigenvalue weighted by Gasteiger charge is -2.20. The lowest BCUT2D eigenvalue weighted by Crippen LogP contribution is -2.25. The third-order valence-electron chi connectivity index (χ3n) is 3.02. The number of hydrogen-bond acceptors (Lipinski definition) is 2. The van der Waals surface area contributed by atoms with Gasteiger partial charge in [0.05, 0.1) is 11.7 Å². The van der Waals surface area contributed by atoms with Crippen molar-refractivity contribution in [3.63, 3.8) is 0 Å². The van der Waals surface area contributed by atoms with Crippen LogP contribution in [-0.2, 0) is 4.74 Å². The number of hydrogen-bond donors (Lipinski definition) is 1. The highest BCUT2D eigenvalue weighted by Gasteiger charge is 2.31. The number of halogens is 2. The summed E-state index contributed by atoms with van der Waals surface area (Å²) in [5.74, 6) is -1.13. The predicted octanol–water partition coefficient (Wildman–Crippen LogP) is 3.33. The van der Waals surface area contributed by atoms with Crippen LogP contribution in [-0.4, -0.2) is 18.2 Å². The number of ether oxygens (including phenoxy) is 1. The number of benzene rings is 1. The molecule has 1 atom stereocenters. The van der Waals surface area contributed by atoms with Crippen LogP contribution in [0.2, 0.25) is 0 Å². The SMILES string of the molecule is CC1(C)CCC(CNc2c(F)cccc2F)O1. The van der Waals surface area contributed by atoms with E-state index in [9.17, 15) is 8.78 Å². The first-order valence-electron chi connectivity index (χ1n) is 5.84. The average molecular weight is 241 g/mol. The van der Waals surface area contributed by atoms with Crippen molar-refractivity contribution in [2.75, 3.05) is 11.9 Å². The highest BCUT2D eigenvalue weighted by Crippen LogP contribution is 2.29. The van der Waals surface area contributed by atoms with Gasteiger partial charge in [0.15, 0.2) is 0 Å². The fraction of sp³-hybridized carbons (Fsp3) is 0.538. The van der Waals surface area contributed by atoms with Crippen molar-refractivity contribution < 1.29 is 13.5 Å². The highest BCUT2D eigenvalue weighted by atomic mass is 19.1. The quantitative estimate of drug-likeness (QED) is 0.876. The van der Waals surface area contributed by atoms with Crippen LogP contribution in [0.3, 0.4) is 0 Å². The van der Waals surface area contributed by atoms with Gasteiger partial charge in [-0.1, -0.05) is 6.07 Å². The highest BCUT2D eigenvalue weighted by molar-refractivity contribution is 5.46. The van der Waals surface area contributed by atoms with Crippen molar-refractivity contribution in [1.82, 2.24) is 0 Å². The zero-order valence-corrected chi connectivity index (χ0v) is 10.1. The molecule has 1 fully saturated rings. The van der Waals surface area contributed by atoms with Crippen LogP contribution >= 0.6 is 0 Å². The van der Waals surface area contributed by atoms with Gasteiger partial charge in [-0.15, -0.1) is 0 Å². The molecule has 0 aromatic heterocycles. The second kappa shape index (κ2) is 4.61. The van der Waals surface area contributed by atoms with Gasteiger partial charge in [0.2, 0.25) is 0 Å². The maximum absolute atomic E-state index is 13.3. The minimum Gasteiger partial charge on any atom is -0.378 e. The van der Waals surface area contributed by atoms with Gasteiger partial charge in [-0.05, 0) is 38.8 Å². The molecule has 94 valence electrons. The molecule has 1 aliphatic heterocycles. The summed E-state index contributed by atoms with van der Waals surface area (Å²) in [7, 11) is 0. The van der Waals surface area contributed by atoms with Crippen LogP contribution in [0, 0.1) is 11.6 Å². The number of anilines is 1. The lowest BCUT2D eigenvalue weighted by molar-refractivity contribution is -0.00914.